The molecule has 4 heterocycles. The fraction of sp³-hybridized carbons (Fsp3) is 0.120. The van der Waals surface area contributed by atoms with Gasteiger partial charge in [0.05, 0.1) is 11.7 Å². The monoisotopic (exact) mass is 454 g/mol. The Kier molecular flexibility index (Phi) is 5.58. The molecule has 33 heavy (non-hydrogen) atoms. The molecular formula is C25H22N6OS. The van der Waals surface area contributed by atoms with E-state index in [1.165, 1.54) is 6.92 Å². The number of hydrogen-bond donors (Lipinski definition) is 2. The van der Waals surface area contributed by atoms with Gasteiger partial charge in [-0.3, -0.25) is 14.8 Å². The molecule has 4 aromatic rings. The number of amides is 1. The van der Waals surface area contributed by atoms with Gasteiger partial charge in [-0.2, -0.15) is 0 Å². The van der Waals surface area contributed by atoms with Crippen molar-refractivity contribution in [3.63, 3.8) is 0 Å². The molecule has 1 fully saturated rings. The van der Waals surface area contributed by atoms with Crippen LogP contribution in [-0.2, 0) is 4.79 Å². The lowest BCUT2D eigenvalue weighted by Gasteiger charge is -2.29. The van der Waals surface area contributed by atoms with Gasteiger partial charge in [-0.05, 0) is 72.9 Å². The second-order valence-corrected chi connectivity index (χ2v) is 8.12. The Morgan fingerprint density at radius 3 is 2.45 bits per heavy atom. The van der Waals surface area contributed by atoms with Crippen LogP contribution in [-0.4, -0.2) is 25.6 Å². The minimum atomic E-state index is -0.151. The third kappa shape index (κ3) is 4.08. The summed E-state index contributed by atoms with van der Waals surface area (Å²) in [6, 6.07) is 21.4. The molecule has 2 atom stereocenters. The molecule has 0 saturated carbocycles. The van der Waals surface area contributed by atoms with E-state index < -0.39 is 0 Å². The molecule has 0 spiro atoms. The van der Waals surface area contributed by atoms with Crippen LogP contribution in [0.25, 0.3) is 5.69 Å². The van der Waals surface area contributed by atoms with Gasteiger partial charge in [0.2, 0.25) is 5.91 Å². The van der Waals surface area contributed by atoms with Gasteiger partial charge in [-0.1, -0.05) is 6.07 Å². The number of nitrogens with zero attached hydrogens (tertiary/aromatic N) is 4. The highest BCUT2D eigenvalue weighted by Crippen LogP contribution is 2.42. The molecule has 164 valence electrons. The number of carbonyl (C=O) groups excluding carboxylic acids is 1. The van der Waals surface area contributed by atoms with Gasteiger partial charge in [0.1, 0.15) is 6.04 Å². The van der Waals surface area contributed by atoms with Crippen LogP contribution in [0.2, 0.25) is 0 Å². The van der Waals surface area contributed by atoms with Gasteiger partial charge in [-0.25, -0.2) is 0 Å². The standard InChI is InChI=1S/C25H22N6OS/c1-17(32)28-18-7-9-20(10-8-18)31-24(23(29-25(31)33)21-5-2-3-13-27-21)22-6-4-16-30(22)19-11-14-26-15-12-19/h2-16,23-24H,1H3,(H,28,32)(H,29,33)/t23-,24+/m1/s1. The van der Waals surface area contributed by atoms with Crippen LogP contribution in [0.15, 0.2) is 91.5 Å². The number of rotatable bonds is 5. The lowest BCUT2D eigenvalue weighted by atomic mass is 10.0. The van der Waals surface area contributed by atoms with E-state index in [-0.39, 0.29) is 18.0 Å². The zero-order valence-corrected chi connectivity index (χ0v) is 18.7. The zero-order valence-electron chi connectivity index (χ0n) is 17.9. The van der Waals surface area contributed by atoms with E-state index >= 15 is 0 Å². The van der Waals surface area contributed by atoms with Gasteiger partial charge < -0.3 is 20.1 Å². The first kappa shape index (κ1) is 20.8. The first-order valence-electron chi connectivity index (χ1n) is 10.6. The van der Waals surface area contributed by atoms with Crippen LogP contribution in [0.3, 0.4) is 0 Å². The largest absolute Gasteiger partial charge is 0.351 e. The summed E-state index contributed by atoms with van der Waals surface area (Å²) in [5.74, 6) is -0.107. The average molecular weight is 455 g/mol. The summed E-state index contributed by atoms with van der Waals surface area (Å²) in [6.07, 6.45) is 7.40. The number of nitrogens with one attached hydrogen (secondary N) is 2. The van der Waals surface area contributed by atoms with Crippen LogP contribution in [0.1, 0.15) is 30.4 Å². The molecule has 0 radical (unpaired) electrons. The predicted octanol–water partition coefficient (Wildman–Crippen LogP) is 4.40. The topological polar surface area (TPSA) is 75.1 Å². The molecule has 0 unspecified atom stereocenters. The quantitative estimate of drug-likeness (QED) is 0.436. The maximum Gasteiger partial charge on any atom is 0.221 e. The maximum atomic E-state index is 11.4. The molecule has 2 N–H and O–H groups in total. The van der Waals surface area contributed by atoms with Crippen LogP contribution in [0, 0.1) is 0 Å². The molecule has 1 saturated heterocycles. The molecule has 0 bridgehead atoms. The van der Waals surface area contributed by atoms with Crippen molar-refractivity contribution in [3.8, 4) is 5.69 Å². The van der Waals surface area contributed by atoms with Crippen molar-refractivity contribution in [1.82, 2.24) is 19.9 Å². The minimum Gasteiger partial charge on any atom is -0.351 e. The first-order valence-corrected chi connectivity index (χ1v) is 11.0. The Morgan fingerprint density at radius 1 is 0.970 bits per heavy atom. The fourth-order valence-electron chi connectivity index (χ4n) is 4.22. The van der Waals surface area contributed by atoms with Crippen LogP contribution in [0.5, 0.6) is 0 Å². The van der Waals surface area contributed by atoms with E-state index in [1.807, 2.05) is 66.9 Å². The van der Waals surface area contributed by atoms with E-state index in [2.05, 4.69) is 36.1 Å². The average Bonchev–Trinajstić information content (AvgIpc) is 3.45. The van der Waals surface area contributed by atoms with Crippen LogP contribution < -0.4 is 15.5 Å². The second kappa shape index (κ2) is 8.84. The molecule has 0 aliphatic carbocycles. The van der Waals surface area contributed by atoms with Crippen molar-refractivity contribution < 1.29 is 4.79 Å². The number of anilines is 2. The smallest absolute Gasteiger partial charge is 0.221 e. The lowest BCUT2D eigenvalue weighted by Crippen LogP contribution is -2.30. The van der Waals surface area contributed by atoms with Crippen LogP contribution >= 0.6 is 12.2 Å². The summed E-state index contributed by atoms with van der Waals surface area (Å²) >= 11 is 5.81. The molecule has 1 aliphatic rings. The van der Waals surface area contributed by atoms with Gasteiger partial charge in [-0.15, -0.1) is 0 Å². The molecule has 1 amide bonds. The molecule has 3 aromatic heterocycles. The Hall–Kier alpha value is -4.04. The number of hydrogen-bond acceptors (Lipinski definition) is 4. The molecule has 8 heteroatoms. The van der Waals surface area contributed by atoms with Crippen molar-refractivity contribution >= 4 is 34.6 Å². The van der Waals surface area contributed by atoms with Gasteiger partial charge in [0.25, 0.3) is 0 Å². The number of pyridine rings is 2. The van der Waals surface area contributed by atoms with Crippen molar-refractivity contribution in [3.05, 3.63) is 103 Å². The highest BCUT2D eigenvalue weighted by atomic mass is 32.1. The normalized spacial score (nSPS) is 17.6. The van der Waals surface area contributed by atoms with E-state index in [9.17, 15) is 4.79 Å². The van der Waals surface area contributed by atoms with Gasteiger partial charge in [0, 0.05) is 54.5 Å². The molecule has 1 aliphatic heterocycles. The highest BCUT2D eigenvalue weighted by Gasteiger charge is 2.42. The van der Waals surface area contributed by atoms with E-state index in [0.29, 0.717) is 5.11 Å². The number of aromatic nitrogens is 3. The highest BCUT2D eigenvalue weighted by molar-refractivity contribution is 7.80. The second-order valence-electron chi connectivity index (χ2n) is 7.73. The summed E-state index contributed by atoms with van der Waals surface area (Å²) in [5.41, 5.74) is 4.65. The van der Waals surface area contributed by atoms with Crippen molar-refractivity contribution in [1.29, 1.82) is 0 Å². The summed E-state index contributed by atoms with van der Waals surface area (Å²) in [6.45, 7) is 1.49. The first-order chi connectivity index (χ1) is 16.1. The molecule has 7 nitrogen and oxygen atoms in total. The van der Waals surface area contributed by atoms with E-state index in [1.54, 1.807) is 18.6 Å². The Labute approximate surface area is 197 Å². The third-order valence-electron chi connectivity index (χ3n) is 5.59. The summed E-state index contributed by atoms with van der Waals surface area (Å²) in [4.78, 5) is 22.3. The predicted molar refractivity (Wildman–Crippen MR) is 132 cm³/mol. The lowest BCUT2D eigenvalue weighted by molar-refractivity contribution is -0.114. The number of benzene rings is 1. The van der Waals surface area contributed by atoms with Crippen molar-refractivity contribution in [2.24, 2.45) is 0 Å². The third-order valence-corrected chi connectivity index (χ3v) is 5.90. The summed E-state index contributed by atoms with van der Waals surface area (Å²) in [7, 11) is 0. The Bertz CT molecular complexity index is 1270. The maximum absolute atomic E-state index is 11.4. The SMILES string of the molecule is CC(=O)Nc1ccc(N2C(=S)N[C@H](c3ccccn3)[C@@H]2c2cccn2-c2ccncc2)cc1. The zero-order chi connectivity index (χ0) is 22.8. The van der Waals surface area contributed by atoms with Gasteiger partial charge >= 0.3 is 0 Å². The fourth-order valence-corrected chi connectivity index (χ4v) is 4.56. The minimum absolute atomic E-state index is 0.107. The Balaban J connectivity index is 1.61. The number of carbonyl (C=O) groups is 1. The summed E-state index contributed by atoms with van der Waals surface area (Å²) < 4.78 is 2.15. The molecular weight excluding hydrogens is 432 g/mol. The van der Waals surface area contributed by atoms with E-state index in [0.717, 1.165) is 28.5 Å². The molecule has 5 rings (SSSR count). The Morgan fingerprint density at radius 2 is 1.76 bits per heavy atom. The van der Waals surface area contributed by atoms with Gasteiger partial charge in [0.15, 0.2) is 5.11 Å². The van der Waals surface area contributed by atoms with Crippen LogP contribution in [0.4, 0.5) is 11.4 Å². The van der Waals surface area contributed by atoms with E-state index in [4.69, 9.17) is 12.2 Å². The van der Waals surface area contributed by atoms with Crippen molar-refractivity contribution in [2.75, 3.05) is 10.2 Å². The van der Waals surface area contributed by atoms with Crippen molar-refractivity contribution in [2.45, 2.75) is 19.0 Å². The summed E-state index contributed by atoms with van der Waals surface area (Å²) in [5, 5.41) is 6.91. The number of thiocarbonyl (C=S) groups is 1. The molecule has 1 aromatic carbocycles.